The van der Waals surface area contributed by atoms with Crippen LogP contribution in [0.4, 0.5) is 4.39 Å². The molecular formula is C16H15BrFN3O. The molecule has 0 saturated carbocycles. The van der Waals surface area contributed by atoms with Crippen LogP contribution in [0.15, 0.2) is 47.2 Å². The molecule has 1 saturated heterocycles. The SMILES string of the molecule is O=C(c1ccc(Br)c(F)c1)N1CCNCC1c1cccnc1. The summed E-state index contributed by atoms with van der Waals surface area (Å²) in [5.74, 6) is -0.597. The van der Waals surface area contributed by atoms with Crippen LogP contribution in [-0.2, 0) is 0 Å². The molecule has 3 rings (SSSR count). The van der Waals surface area contributed by atoms with Crippen molar-refractivity contribution in [3.8, 4) is 0 Å². The zero-order valence-electron chi connectivity index (χ0n) is 11.8. The zero-order valence-corrected chi connectivity index (χ0v) is 13.4. The molecule has 0 aliphatic carbocycles. The lowest BCUT2D eigenvalue weighted by molar-refractivity contribution is 0.0633. The van der Waals surface area contributed by atoms with Crippen molar-refractivity contribution in [1.29, 1.82) is 0 Å². The Morgan fingerprint density at radius 2 is 2.27 bits per heavy atom. The van der Waals surface area contributed by atoms with Crippen LogP contribution in [0.1, 0.15) is 22.0 Å². The maximum absolute atomic E-state index is 13.7. The van der Waals surface area contributed by atoms with E-state index >= 15 is 0 Å². The van der Waals surface area contributed by atoms with E-state index in [-0.39, 0.29) is 11.9 Å². The first kappa shape index (κ1) is 15.1. The molecule has 1 unspecified atom stereocenters. The Kier molecular flexibility index (Phi) is 4.49. The number of carbonyl (C=O) groups is 1. The van der Waals surface area contributed by atoms with Crippen molar-refractivity contribution in [3.63, 3.8) is 0 Å². The Hall–Kier alpha value is -1.79. The summed E-state index contributed by atoms with van der Waals surface area (Å²) in [7, 11) is 0. The highest BCUT2D eigenvalue weighted by atomic mass is 79.9. The van der Waals surface area contributed by atoms with Gasteiger partial charge in [-0.15, -0.1) is 0 Å². The molecule has 6 heteroatoms. The van der Waals surface area contributed by atoms with Gasteiger partial charge in [-0.3, -0.25) is 9.78 Å². The minimum atomic E-state index is -0.432. The average Bonchev–Trinajstić information content (AvgIpc) is 2.57. The van der Waals surface area contributed by atoms with E-state index < -0.39 is 5.82 Å². The van der Waals surface area contributed by atoms with E-state index in [0.29, 0.717) is 23.1 Å². The number of nitrogens with one attached hydrogen (secondary N) is 1. The molecule has 0 spiro atoms. The smallest absolute Gasteiger partial charge is 0.254 e. The Labute approximate surface area is 136 Å². The Balaban J connectivity index is 1.90. The molecule has 1 fully saturated rings. The van der Waals surface area contributed by atoms with Crippen LogP contribution in [0, 0.1) is 5.82 Å². The van der Waals surface area contributed by atoms with E-state index in [1.165, 1.54) is 6.07 Å². The van der Waals surface area contributed by atoms with Crippen LogP contribution in [0.25, 0.3) is 0 Å². The van der Waals surface area contributed by atoms with Gasteiger partial charge in [-0.05, 0) is 45.8 Å². The quantitative estimate of drug-likeness (QED) is 0.892. The molecule has 1 N–H and O–H groups in total. The standard InChI is InChI=1S/C16H15BrFN3O/c17-13-4-3-11(8-14(13)18)16(22)21-7-6-20-10-15(21)12-2-1-5-19-9-12/h1-5,8-9,15,20H,6-7,10H2. The summed E-state index contributed by atoms with van der Waals surface area (Å²) in [5, 5.41) is 3.29. The number of halogens is 2. The molecule has 1 atom stereocenters. The third-order valence-electron chi connectivity index (χ3n) is 3.74. The summed E-state index contributed by atoms with van der Waals surface area (Å²) in [5.41, 5.74) is 1.33. The van der Waals surface area contributed by atoms with Crippen LogP contribution in [-0.4, -0.2) is 35.4 Å². The van der Waals surface area contributed by atoms with Crippen LogP contribution in [0.5, 0.6) is 0 Å². The van der Waals surface area contributed by atoms with Gasteiger partial charge in [-0.2, -0.15) is 0 Å². The van der Waals surface area contributed by atoms with Gasteiger partial charge in [0.05, 0.1) is 10.5 Å². The lowest BCUT2D eigenvalue weighted by Crippen LogP contribution is -2.48. The molecule has 4 nitrogen and oxygen atoms in total. The van der Waals surface area contributed by atoms with E-state index in [1.54, 1.807) is 29.4 Å². The van der Waals surface area contributed by atoms with Crippen molar-refractivity contribution >= 4 is 21.8 Å². The molecular weight excluding hydrogens is 349 g/mol. The highest BCUT2D eigenvalue weighted by Crippen LogP contribution is 2.25. The highest BCUT2D eigenvalue weighted by molar-refractivity contribution is 9.10. The topological polar surface area (TPSA) is 45.2 Å². The Bertz CT molecular complexity index is 680. The number of hydrogen-bond acceptors (Lipinski definition) is 3. The second kappa shape index (κ2) is 6.54. The molecule has 2 aromatic rings. The van der Waals surface area contributed by atoms with E-state index in [4.69, 9.17) is 0 Å². The fourth-order valence-corrected chi connectivity index (χ4v) is 2.86. The number of hydrogen-bond donors (Lipinski definition) is 1. The van der Waals surface area contributed by atoms with Crippen LogP contribution in [0.2, 0.25) is 0 Å². The van der Waals surface area contributed by atoms with E-state index in [2.05, 4.69) is 26.2 Å². The van der Waals surface area contributed by atoms with Gasteiger partial charge in [-0.25, -0.2) is 4.39 Å². The first-order chi connectivity index (χ1) is 10.7. The first-order valence-corrected chi connectivity index (χ1v) is 7.83. The molecule has 1 aliphatic rings. The van der Waals surface area contributed by atoms with Gasteiger partial charge in [0.15, 0.2) is 0 Å². The van der Waals surface area contributed by atoms with Gasteiger partial charge in [0.25, 0.3) is 5.91 Å². The molecule has 0 bridgehead atoms. The average molecular weight is 364 g/mol. The number of carbonyl (C=O) groups excluding carboxylic acids is 1. The van der Waals surface area contributed by atoms with Gasteiger partial charge in [0.2, 0.25) is 0 Å². The third kappa shape index (κ3) is 3.03. The Morgan fingerprint density at radius 1 is 1.41 bits per heavy atom. The number of amides is 1. The van der Waals surface area contributed by atoms with E-state index in [1.807, 2.05) is 12.1 Å². The van der Waals surface area contributed by atoms with Crippen molar-refractivity contribution in [2.24, 2.45) is 0 Å². The molecule has 114 valence electrons. The molecule has 1 aromatic carbocycles. The maximum atomic E-state index is 13.7. The maximum Gasteiger partial charge on any atom is 0.254 e. The van der Waals surface area contributed by atoms with Crippen molar-refractivity contribution in [3.05, 3.63) is 64.1 Å². The van der Waals surface area contributed by atoms with Gasteiger partial charge in [0.1, 0.15) is 5.82 Å². The molecule has 22 heavy (non-hydrogen) atoms. The van der Waals surface area contributed by atoms with Gasteiger partial charge < -0.3 is 10.2 Å². The predicted molar refractivity (Wildman–Crippen MR) is 85.0 cm³/mol. The predicted octanol–water partition coefficient (Wildman–Crippen LogP) is 2.77. The number of nitrogens with zero attached hydrogens (tertiary/aromatic N) is 2. The fraction of sp³-hybridized carbons (Fsp3) is 0.250. The number of rotatable bonds is 2. The van der Waals surface area contributed by atoms with Gasteiger partial charge in [0, 0.05) is 37.6 Å². The lowest BCUT2D eigenvalue weighted by Gasteiger charge is -2.36. The van der Waals surface area contributed by atoms with Gasteiger partial charge in [-0.1, -0.05) is 6.07 Å². The first-order valence-electron chi connectivity index (χ1n) is 7.03. The Morgan fingerprint density at radius 3 is 3.00 bits per heavy atom. The molecule has 0 radical (unpaired) electrons. The van der Waals surface area contributed by atoms with E-state index in [0.717, 1.165) is 12.1 Å². The summed E-state index contributed by atoms with van der Waals surface area (Å²) >= 11 is 3.10. The molecule has 1 amide bonds. The van der Waals surface area contributed by atoms with Crippen molar-refractivity contribution < 1.29 is 9.18 Å². The normalized spacial score (nSPS) is 18.3. The summed E-state index contributed by atoms with van der Waals surface area (Å²) in [6.07, 6.45) is 3.47. The third-order valence-corrected chi connectivity index (χ3v) is 4.38. The van der Waals surface area contributed by atoms with Crippen LogP contribution >= 0.6 is 15.9 Å². The monoisotopic (exact) mass is 363 g/mol. The molecule has 2 heterocycles. The lowest BCUT2D eigenvalue weighted by atomic mass is 10.0. The number of piperazine rings is 1. The fourth-order valence-electron chi connectivity index (χ4n) is 2.61. The zero-order chi connectivity index (χ0) is 15.5. The molecule has 1 aliphatic heterocycles. The van der Waals surface area contributed by atoms with Crippen LogP contribution in [0.3, 0.4) is 0 Å². The summed E-state index contributed by atoms with van der Waals surface area (Å²) < 4.78 is 14.0. The molecule has 1 aromatic heterocycles. The van der Waals surface area contributed by atoms with Crippen molar-refractivity contribution in [2.75, 3.05) is 19.6 Å². The van der Waals surface area contributed by atoms with Crippen molar-refractivity contribution in [2.45, 2.75) is 6.04 Å². The van der Waals surface area contributed by atoms with Crippen LogP contribution < -0.4 is 5.32 Å². The number of pyridine rings is 1. The van der Waals surface area contributed by atoms with Crippen molar-refractivity contribution in [1.82, 2.24) is 15.2 Å². The number of aromatic nitrogens is 1. The second-order valence-electron chi connectivity index (χ2n) is 5.13. The largest absolute Gasteiger partial charge is 0.329 e. The number of benzene rings is 1. The second-order valence-corrected chi connectivity index (χ2v) is 5.99. The summed E-state index contributed by atoms with van der Waals surface area (Å²) in [4.78, 5) is 18.6. The van der Waals surface area contributed by atoms with Gasteiger partial charge >= 0.3 is 0 Å². The minimum Gasteiger partial charge on any atom is -0.329 e. The minimum absolute atomic E-state index is 0.0957. The summed E-state index contributed by atoms with van der Waals surface area (Å²) in [6.45, 7) is 1.97. The van der Waals surface area contributed by atoms with E-state index in [9.17, 15) is 9.18 Å². The highest BCUT2D eigenvalue weighted by Gasteiger charge is 2.29. The summed E-state index contributed by atoms with van der Waals surface area (Å²) in [6, 6.07) is 8.18.